The van der Waals surface area contributed by atoms with Gasteiger partial charge in [-0.2, -0.15) is 0 Å². The van der Waals surface area contributed by atoms with E-state index in [4.69, 9.17) is 0 Å². The van der Waals surface area contributed by atoms with Crippen molar-refractivity contribution in [2.24, 2.45) is 5.92 Å². The Labute approximate surface area is 125 Å². The van der Waals surface area contributed by atoms with E-state index in [1.807, 2.05) is 0 Å². The maximum Gasteiger partial charge on any atom is 0.310 e. The Morgan fingerprint density at radius 2 is 2.10 bits per heavy atom. The number of pyridine rings is 1. The molecule has 20 heavy (non-hydrogen) atoms. The fourth-order valence-electron chi connectivity index (χ4n) is 1.68. The lowest BCUT2D eigenvalue weighted by Gasteiger charge is -2.20. The predicted molar refractivity (Wildman–Crippen MR) is 77.2 cm³/mol. The van der Waals surface area contributed by atoms with E-state index in [2.05, 4.69) is 20.7 Å². The number of carbonyl (C=O) groups is 2. The fraction of sp³-hybridized carbons (Fsp3) is 0.462. The number of halogens is 1. The van der Waals surface area contributed by atoms with Crippen molar-refractivity contribution < 1.29 is 14.3 Å². The molecule has 1 aromatic rings. The van der Waals surface area contributed by atoms with Gasteiger partial charge in [0.1, 0.15) is 6.54 Å². The van der Waals surface area contributed by atoms with Crippen LogP contribution in [0.1, 0.15) is 6.92 Å². The first-order chi connectivity index (χ1) is 9.35. The molecule has 1 rings (SSSR count). The number of rotatable bonds is 5. The summed E-state index contributed by atoms with van der Waals surface area (Å²) in [6.45, 7) is 1.86. The standard InChI is InChI=1S/C13H17BrN2O4/c1-9(13(19)20-3)6-15(2)12(18)8-16-7-10(14)4-5-11(16)17/h4-5,7,9H,6,8H2,1-3H3. The number of carbonyl (C=O) groups excluding carboxylic acids is 2. The fourth-order valence-corrected chi connectivity index (χ4v) is 2.06. The average Bonchev–Trinajstić information content (AvgIpc) is 2.41. The molecular weight excluding hydrogens is 328 g/mol. The third-order valence-electron chi connectivity index (χ3n) is 2.83. The molecule has 0 aliphatic carbocycles. The van der Waals surface area contributed by atoms with Crippen LogP contribution in [0.3, 0.4) is 0 Å². The van der Waals surface area contributed by atoms with Gasteiger partial charge in [0.2, 0.25) is 5.91 Å². The first-order valence-electron chi connectivity index (χ1n) is 6.03. The molecule has 6 nitrogen and oxygen atoms in total. The summed E-state index contributed by atoms with van der Waals surface area (Å²) in [5, 5.41) is 0. The maximum absolute atomic E-state index is 12.0. The van der Waals surface area contributed by atoms with Gasteiger partial charge in [0.15, 0.2) is 0 Å². The molecule has 1 amide bonds. The molecule has 0 fully saturated rings. The Morgan fingerprint density at radius 1 is 1.45 bits per heavy atom. The van der Waals surface area contributed by atoms with Crippen LogP contribution in [0, 0.1) is 5.92 Å². The molecule has 0 aromatic carbocycles. The topological polar surface area (TPSA) is 68.6 Å². The zero-order valence-corrected chi connectivity index (χ0v) is 13.2. The van der Waals surface area contributed by atoms with Crippen LogP contribution in [0.5, 0.6) is 0 Å². The molecule has 1 heterocycles. The normalized spacial score (nSPS) is 11.8. The lowest BCUT2D eigenvalue weighted by Crippen LogP contribution is -2.37. The van der Waals surface area contributed by atoms with Gasteiger partial charge in [-0.15, -0.1) is 0 Å². The highest BCUT2D eigenvalue weighted by molar-refractivity contribution is 9.10. The predicted octanol–water partition coefficient (Wildman–Crippen LogP) is 0.878. The summed E-state index contributed by atoms with van der Waals surface area (Å²) in [5.41, 5.74) is -0.254. The van der Waals surface area contributed by atoms with Crippen LogP contribution < -0.4 is 5.56 Å². The number of nitrogens with zero attached hydrogens (tertiary/aromatic N) is 2. The Kier molecular flexibility index (Phi) is 5.94. The highest BCUT2D eigenvalue weighted by Crippen LogP contribution is 2.06. The molecule has 0 saturated carbocycles. The van der Waals surface area contributed by atoms with Crippen LogP contribution in [0.15, 0.2) is 27.6 Å². The molecule has 0 N–H and O–H groups in total. The highest BCUT2D eigenvalue weighted by atomic mass is 79.9. The van der Waals surface area contributed by atoms with Crippen molar-refractivity contribution >= 4 is 27.8 Å². The molecule has 0 saturated heterocycles. The van der Waals surface area contributed by atoms with Gasteiger partial charge in [-0.1, -0.05) is 6.92 Å². The lowest BCUT2D eigenvalue weighted by molar-refractivity contribution is -0.146. The average molecular weight is 345 g/mol. The van der Waals surface area contributed by atoms with Crippen LogP contribution in [0.2, 0.25) is 0 Å². The number of esters is 1. The quantitative estimate of drug-likeness (QED) is 0.743. The van der Waals surface area contributed by atoms with Crippen molar-refractivity contribution in [3.8, 4) is 0 Å². The molecule has 1 unspecified atom stereocenters. The summed E-state index contributed by atoms with van der Waals surface area (Å²) in [4.78, 5) is 36.3. The molecule has 1 atom stereocenters. The van der Waals surface area contributed by atoms with E-state index in [0.29, 0.717) is 0 Å². The SMILES string of the molecule is COC(=O)C(C)CN(C)C(=O)Cn1cc(Br)ccc1=O. The monoisotopic (exact) mass is 344 g/mol. The highest BCUT2D eigenvalue weighted by Gasteiger charge is 2.19. The van der Waals surface area contributed by atoms with Crippen molar-refractivity contribution in [2.45, 2.75) is 13.5 Å². The summed E-state index contributed by atoms with van der Waals surface area (Å²) in [5.74, 6) is -1.03. The third kappa shape index (κ3) is 4.48. The summed E-state index contributed by atoms with van der Waals surface area (Å²) in [6, 6.07) is 3.00. The van der Waals surface area contributed by atoms with Gasteiger partial charge in [-0.25, -0.2) is 0 Å². The van der Waals surface area contributed by atoms with Crippen molar-refractivity contribution in [3.63, 3.8) is 0 Å². The van der Waals surface area contributed by atoms with Gasteiger partial charge in [-0.05, 0) is 22.0 Å². The minimum Gasteiger partial charge on any atom is -0.469 e. The number of aromatic nitrogens is 1. The molecule has 0 spiro atoms. The van der Waals surface area contributed by atoms with Gasteiger partial charge in [-0.3, -0.25) is 14.4 Å². The van der Waals surface area contributed by atoms with Crippen LogP contribution >= 0.6 is 15.9 Å². The molecule has 1 aromatic heterocycles. The van der Waals surface area contributed by atoms with Crippen molar-refractivity contribution in [1.82, 2.24) is 9.47 Å². The second kappa shape index (κ2) is 7.23. The maximum atomic E-state index is 12.0. The van der Waals surface area contributed by atoms with E-state index >= 15 is 0 Å². The summed E-state index contributed by atoms with van der Waals surface area (Å²) >= 11 is 3.25. The first-order valence-corrected chi connectivity index (χ1v) is 6.82. The lowest BCUT2D eigenvalue weighted by atomic mass is 10.2. The first kappa shape index (κ1) is 16.4. The molecule has 110 valence electrons. The molecular formula is C13H17BrN2O4. The van der Waals surface area contributed by atoms with Gasteiger partial charge >= 0.3 is 5.97 Å². The van der Waals surface area contributed by atoms with Gasteiger partial charge in [0.25, 0.3) is 5.56 Å². The van der Waals surface area contributed by atoms with E-state index in [0.717, 1.165) is 4.47 Å². The molecule has 0 radical (unpaired) electrons. The summed E-state index contributed by atoms with van der Waals surface area (Å²) in [7, 11) is 2.90. The minimum atomic E-state index is -0.409. The second-order valence-electron chi connectivity index (χ2n) is 4.51. The van der Waals surface area contributed by atoms with E-state index in [9.17, 15) is 14.4 Å². The Hall–Kier alpha value is -1.63. The number of ether oxygens (including phenoxy) is 1. The van der Waals surface area contributed by atoms with Crippen molar-refractivity contribution in [3.05, 3.63) is 33.2 Å². The second-order valence-corrected chi connectivity index (χ2v) is 5.43. The van der Waals surface area contributed by atoms with Gasteiger partial charge in [0.05, 0.1) is 13.0 Å². The Bertz CT molecular complexity index is 556. The van der Waals surface area contributed by atoms with E-state index in [1.165, 1.54) is 22.6 Å². The van der Waals surface area contributed by atoms with Gasteiger partial charge < -0.3 is 14.2 Å². The van der Waals surface area contributed by atoms with Crippen LogP contribution in [-0.4, -0.2) is 42.0 Å². The number of hydrogen-bond donors (Lipinski definition) is 0. The third-order valence-corrected chi connectivity index (χ3v) is 3.30. The van der Waals surface area contributed by atoms with E-state index in [-0.39, 0.29) is 30.5 Å². The molecule has 0 bridgehead atoms. The minimum absolute atomic E-state index is 0.0668. The number of amides is 1. The zero-order valence-electron chi connectivity index (χ0n) is 11.6. The molecule has 7 heteroatoms. The van der Waals surface area contributed by atoms with E-state index in [1.54, 1.807) is 26.2 Å². The molecule has 0 aliphatic heterocycles. The van der Waals surface area contributed by atoms with Crippen LogP contribution in [0.25, 0.3) is 0 Å². The largest absolute Gasteiger partial charge is 0.469 e. The summed E-state index contributed by atoms with van der Waals surface area (Å²) in [6.07, 6.45) is 1.55. The number of methoxy groups -OCH3 is 1. The molecule has 0 aliphatic rings. The van der Waals surface area contributed by atoms with E-state index < -0.39 is 5.92 Å². The van der Waals surface area contributed by atoms with Crippen molar-refractivity contribution in [2.75, 3.05) is 20.7 Å². The van der Waals surface area contributed by atoms with Crippen molar-refractivity contribution in [1.29, 1.82) is 0 Å². The smallest absolute Gasteiger partial charge is 0.310 e. The van der Waals surface area contributed by atoms with Gasteiger partial charge in [0, 0.05) is 30.3 Å². The Balaban J connectivity index is 2.69. The number of likely N-dealkylation sites (N-methyl/N-ethyl adjacent to an activating group) is 1. The van der Waals surface area contributed by atoms with Crippen LogP contribution in [0.4, 0.5) is 0 Å². The number of hydrogen-bond acceptors (Lipinski definition) is 4. The zero-order chi connectivity index (χ0) is 15.3. The summed E-state index contributed by atoms with van der Waals surface area (Å²) < 4.78 is 6.64. The Morgan fingerprint density at radius 3 is 2.70 bits per heavy atom. The van der Waals surface area contributed by atoms with Crippen LogP contribution in [-0.2, 0) is 20.9 Å².